The van der Waals surface area contributed by atoms with Crippen LogP contribution in [0.5, 0.6) is 11.6 Å². The fourth-order valence-electron chi connectivity index (χ4n) is 1.50. The topological polar surface area (TPSA) is 72.0 Å². The highest BCUT2D eigenvalue weighted by atomic mass is 19.4. The Balaban J connectivity index is 2.43. The standard InChI is InChI=1S/C13H9F4N3O/c14-7-1-3-8(4-2-7)21-12-9(11(18)19)5-6-10(20-12)13(15,16)17/h1-6H,(H3,18,19). The quantitative estimate of drug-likeness (QED) is 0.519. The second kappa shape index (κ2) is 5.39. The summed E-state index contributed by atoms with van der Waals surface area (Å²) >= 11 is 0. The van der Waals surface area contributed by atoms with Gasteiger partial charge in [0.15, 0.2) is 0 Å². The Morgan fingerprint density at radius 3 is 2.24 bits per heavy atom. The van der Waals surface area contributed by atoms with E-state index in [0.29, 0.717) is 6.07 Å². The first-order valence-electron chi connectivity index (χ1n) is 5.63. The summed E-state index contributed by atoms with van der Waals surface area (Å²) in [5.74, 6) is -1.41. The molecule has 3 N–H and O–H groups in total. The van der Waals surface area contributed by atoms with Gasteiger partial charge in [0.1, 0.15) is 23.1 Å². The number of nitrogen functional groups attached to an aromatic ring is 1. The van der Waals surface area contributed by atoms with E-state index < -0.39 is 29.4 Å². The molecular weight excluding hydrogens is 290 g/mol. The van der Waals surface area contributed by atoms with E-state index in [1.165, 1.54) is 12.1 Å². The van der Waals surface area contributed by atoms with Crippen molar-refractivity contribution in [3.05, 3.63) is 53.5 Å². The summed E-state index contributed by atoms with van der Waals surface area (Å²) in [5.41, 5.74) is 4.01. The van der Waals surface area contributed by atoms with Crippen LogP contribution in [0.25, 0.3) is 0 Å². The molecule has 0 aliphatic heterocycles. The molecule has 1 aromatic heterocycles. The first-order valence-corrected chi connectivity index (χ1v) is 5.63. The minimum atomic E-state index is -4.66. The van der Waals surface area contributed by atoms with E-state index in [0.717, 1.165) is 18.2 Å². The zero-order valence-corrected chi connectivity index (χ0v) is 10.4. The maximum absolute atomic E-state index is 12.8. The number of alkyl halides is 3. The van der Waals surface area contributed by atoms with Crippen LogP contribution in [0.3, 0.4) is 0 Å². The van der Waals surface area contributed by atoms with E-state index in [9.17, 15) is 17.6 Å². The summed E-state index contributed by atoms with van der Waals surface area (Å²) in [7, 11) is 0. The third-order valence-electron chi connectivity index (χ3n) is 2.47. The lowest BCUT2D eigenvalue weighted by molar-refractivity contribution is -0.141. The average molecular weight is 299 g/mol. The van der Waals surface area contributed by atoms with Gasteiger partial charge in [0, 0.05) is 0 Å². The monoisotopic (exact) mass is 299 g/mol. The lowest BCUT2D eigenvalue weighted by Crippen LogP contribution is -2.16. The predicted octanol–water partition coefficient (Wildman–Crippen LogP) is 3.32. The van der Waals surface area contributed by atoms with Crippen molar-refractivity contribution >= 4 is 5.84 Å². The average Bonchev–Trinajstić information content (AvgIpc) is 2.40. The molecule has 0 unspecified atom stereocenters. The zero-order valence-electron chi connectivity index (χ0n) is 10.4. The summed E-state index contributed by atoms with van der Waals surface area (Å²) in [6, 6.07) is 6.31. The van der Waals surface area contributed by atoms with E-state index in [4.69, 9.17) is 15.9 Å². The molecule has 0 radical (unpaired) electrons. The van der Waals surface area contributed by atoms with Gasteiger partial charge in [-0.3, -0.25) is 5.41 Å². The smallest absolute Gasteiger partial charge is 0.433 e. The van der Waals surface area contributed by atoms with Gasteiger partial charge in [-0.15, -0.1) is 0 Å². The molecule has 0 spiro atoms. The van der Waals surface area contributed by atoms with Gasteiger partial charge in [0.2, 0.25) is 5.88 Å². The molecule has 0 fully saturated rings. The van der Waals surface area contributed by atoms with Crippen molar-refractivity contribution in [1.82, 2.24) is 4.98 Å². The minimum Gasteiger partial charge on any atom is -0.438 e. The van der Waals surface area contributed by atoms with Gasteiger partial charge in [0.05, 0.1) is 5.56 Å². The van der Waals surface area contributed by atoms with E-state index in [1.807, 2.05) is 0 Å². The Labute approximate surface area is 116 Å². The van der Waals surface area contributed by atoms with Crippen LogP contribution in [0.15, 0.2) is 36.4 Å². The van der Waals surface area contributed by atoms with Gasteiger partial charge in [-0.25, -0.2) is 9.37 Å². The van der Waals surface area contributed by atoms with E-state index in [2.05, 4.69) is 4.98 Å². The lowest BCUT2D eigenvalue weighted by Gasteiger charge is -2.12. The third-order valence-corrected chi connectivity index (χ3v) is 2.47. The first-order chi connectivity index (χ1) is 9.77. The highest BCUT2D eigenvalue weighted by Crippen LogP contribution is 2.31. The van der Waals surface area contributed by atoms with Gasteiger partial charge in [0.25, 0.3) is 0 Å². The van der Waals surface area contributed by atoms with E-state index in [-0.39, 0.29) is 11.3 Å². The van der Waals surface area contributed by atoms with Crippen molar-refractivity contribution in [3.63, 3.8) is 0 Å². The molecule has 2 rings (SSSR count). The Kier molecular flexibility index (Phi) is 3.79. The van der Waals surface area contributed by atoms with Crippen LogP contribution in [0.2, 0.25) is 0 Å². The van der Waals surface area contributed by atoms with Gasteiger partial charge in [-0.05, 0) is 36.4 Å². The summed E-state index contributed by atoms with van der Waals surface area (Å²) in [4.78, 5) is 3.32. The largest absolute Gasteiger partial charge is 0.438 e. The second-order valence-electron chi connectivity index (χ2n) is 4.02. The van der Waals surface area contributed by atoms with Crippen LogP contribution in [-0.4, -0.2) is 10.8 Å². The van der Waals surface area contributed by atoms with Crippen molar-refractivity contribution in [1.29, 1.82) is 5.41 Å². The SMILES string of the molecule is N=C(N)c1ccc(C(F)(F)F)nc1Oc1ccc(F)cc1. The fraction of sp³-hybridized carbons (Fsp3) is 0.0769. The number of aromatic nitrogens is 1. The molecule has 0 aliphatic rings. The van der Waals surface area contributed by atoms with Crippen LogP contribution in [-0.2, 0) is 6.18 Å². The molecule has 1 heterocycles. The second-order valence-corrected chi connectivity index (χ2v) is 4.02. The van der Waals surface area contributed by atoms with Gasteiger partial charge < -0.3 is 10.5 Å². The maximum Gasteiger partial charge on any atom is 0.433 e. The van der Waals surface area contributed by atoms with Gasteiger partial charge >= 0.3 is 6.18 Å². The third kappa shape index (κ3) is 3.47. The molecule has 0 atom stereocenters. The summed E-state index contributed by atoms with van der Waals surface area (Å²) < 4.78 is 55.9. The zero-order chi connectivity index (χ0) is 15.6. The molecule has 21 heavy (non-hydrogen) atoms. The van der Waals surface area contributed by atoms with Gasteiger partial charge in [-0.2, -0.15) is 13.2 Å². The molecule has 8 heteroatoms. The number of benzene rings is 1. The normalized spacial score (nSPS) is 11.2. The summed E-state index contributed by atoms with van der Waals surface area (Å²) in [6.07, 6.45) is -4.66. The van der Waals surface area contributed by atoms with Crippen molar-refractivity contribution in [2.45, 2.75) is 6.18 Å². The Morgan fingerprint density at radius 1 is 1.10 bits per heavy atom. The van der Waals surface area contributed by atoms with Crippen molar-refractivity contribution < 1.29 is 22.3 Å². The lowest BCUT2D eigenvalue weighted by atomic mass is 10.2. The summed E-state index contributed by atoms with van der Waals surface area (Å²) in [5, 5.41) is 7.32. The minimum absolute atomic E-state index is 0.0747. The van der Waals surface area contributed by atoms with Gasteiger partial charge in [-0.1, -0.05) is 0 Å². The molecule has 110 valence electrons. The number of hydrogen-bond donors (Lipinski definition) is 2. The molecule has 4 nitrogen and oxygen atoms in total. The fourth-order valence-corrected chi connectivity index (χ4v) is 1.50. The Hall–Kier alpha value is -2.64. The molecule has 0 saturated heterocycles. The highest BCUT2D eigenvalue weighted by molar-refractivity contribution is 5.97. The number of nitrogens with zero attached hydrogens (tertiary/aromatic N) is 1. The summed E-state index contributed by atoms with van der Waals surface area (Å²) in [6.45, 7) is 0. The van der Waals surface area contributed by atoms with Crippen LogP contribution >= 0.6 is 0 Å². The molecule has 0 amide bonds. The van der Waals surface area contributed by atoms with Crippen LogP contribution < -0.4 is 10.5 Å². The van der Waals surface area contributed by atoms with Crippen molar-refractivity contribution in [3.8, 4) is 11.6 Å². The number of ether oxygens (including phenoxy) is 1. The maximum atomic E-state index is 12.8. The number of nitrogens with one attached hydrogen (secondary N) is 1. The molecule has 2 aromatic rings. The van der Waals surface area contributed by atoms with Crippen LogP contribution in [0, 0.1) is 11.2 Å². The Morgan fingerprint density at radius 2 is 1.71 bits per heavy atom. The molecule has 1 aromatic carbocycles. The van der Waals surface area contributed by atoms with Crippen LogP contribution in [0.4, 0.5) is 17.6 Å². The van der Waals surface area contributed by atoms with Crippen molar-refractivity contribution in [2.24, 2.45) is 5.73 Å². The molecular formula is C13H9F4N3O. The highest BCUT2D eigenvalue weighted by Gasteiger charge is 2.33. The van der Waals surface area contributed by atoms with E-state index in [1.54, 1.807) is 0 Å². The molecule has 0 aliphatic carbocycles. The number of rotatable bonds is 3. The predicted molar refractivity (Wildman–Crippen MR) is 66.7 cm³/mol. The number of amidine groups is 1. The number of hydrogen-bond acceptors (Lipinski definition) is 3. The van der Waals surface area contributed by atoms with Crippen LogP contribution in [0.1, 0.15) is 11.3 Å². The molecule has 0 saturated carbocycles. The van der Waals surface area contributed by atoms with E-state index >= 15 is 0 Å². The number of pyridine rings is 1. The number of halogens is 4. The first kappa shape index (κ1) is 14.8. The van der Waals surface area contributed by atoms with Crippen molar-refractivity contribution in [2.75, 3.05) is 0 Å². The number of nitrogens with two attached hydrogens (primary N) is 1. The molecule has 0 bridgehead atoms. The Bertz CT molecular complexity index is 668.